The lowest BCUT2D eigenvalue weighted by molar-refractivity contribution is -0.142. The van der Waals surface area contributed by atoms with E-state index in [1.807, 2.05) is 0 Å². The lowest BCUT2D eigenvalue weighted by Gasteiger charge is -2.14. The minimum Gasteiger partial charge on any atom is -0.478 e. The number of anilines is 4. The predicted octanol–water partition coefficient (Wildman–Crippen LogP) is 13.8. The molecule has 0 spiro atoms. The average molecular weight is 1240 g/mol. The van der Waals surface area contributed by atoms with Gasteiger partial charge in [0.15, 0.2) is 34.4 Å². The standard InChI is InChI=1S/C14H11ClF3N5O.C14H9ClF3N5.C8H10ClN3.C6H3F3N2O2.CH4.Cl3OP/c15-10-4-3-9(12(23-10)21-7-1-2-7)22-13(24)8-5-19-6-20-11(8)14(16,17)18;15-10-4-3-9-13(22-10)23(7-1-2-7)12(21-9)8-5-19-6-20-11(8)14(16,17)18;9-7-4-3-6(10)8(12-7)11-5-1-2-5;7-6(8,9)4-3(5(12)13)1-10-2-11-4;;1-5(2,3)4/h3-7H,1-2H2,(H,21,23)(H,22,24);3-7H,1-2H2;3-5H,1-2,10H2,(H,11,12);1-2H,(H,12,13);1H4;. The summed E-state index contributed by atoms with van der Waals surface area (Å²) >= 11 is 31.3. The number of nitrogen functional groups attached to an aromatic ring is 1. The molecule has 0 aliphatic heterocycles. The molecule has 35 heteroatoms. The maximum absolute atomic E-state index is 13.2. The first kappa shape index (κ1) is 62.7. The Kier molecular flexibility index (Phi) is 21.1. The number of carbonyl (C=O) groups excluding carboxylic acids is 1. The topological polar surface area (TPSA) is 267 Å². The molecule has 0 aromatic carbocycles. The number of carbonyl (C=O) groups is 2. The number of hydrogen-bond donors (Lipinski definition) is 5. The van der Waals surface area contributed by atoms with Gasteiger partial charge < -0.3 is 31.4 Å². The summed E-state index contributed by atoms with van der Waals surface area (Å²) in [6, 6.07) is 10.4. The molecule has 6 N–H and O–H groups in total. The summed E-state index contributed by atoms with van der Waals surface area (Å²) in [5.74, 6) is -1.49. The van der Waals surface area contributed by atoms with E-state index in [0.717, 1.165) is 50.7 Å². The summed E-state index contributed by atoms with van der Waals surface area (Å²) in [6.45, 7) is 0. The number of fused-ring (bicyclic) bond motifs is 1. The van der Waals surface area contributed by atoms with Crippen LogP contribution in [-0.4, -0.2) is 83.5 Å². The van der Waals surface area contributed by atoms with E-state index in [4.69, 9.17) is 45.6 Å². The Labute approximate surface area is 464 Å². The second-order valence-corrected chi connectivity index (χ2v) is 23.8. The van der Waals surface area contributed by atoms with Gasteiger partial charge in [0.25, 0.3) is 5.91 Å². The number of halogens is 15. The normalized spacial score (nSPS) is 14.0. The molecule has 7 heterocycles. The van der Waals surface area contributed by atoms with Crippen molar-refractivity contribution in [2.45, 2.75) is 82.6 Å². The van der Waals surface area contributed by atoms with Gasteiger partial charge in [0.05, 0.1) is 22.5 Å². The Hall–Kier alpha value is -6.16. The van der Waals surface area contributed by atoms with Crippen LogP contribution in [-0.2, 0) is 23.1 Å². The number of carboxylic acid groups (broad SMARTS) is 1. The summed E-state index contributed by atoms with van der Waals surface area (Å²) in [5, 5.41) is 14.7. The molecule has 7 aromatic rings. The number of nitrogens with one attached hydrogen (secondary N) is 3. The number of nitrogens with two attached hydrogens (primary N) is 1. The summed E-state index contributed by atoms with van der Waals surface area (Å²) < 4.78 is 126. The van der Waals surface area contributed by atoms with Gasteiger partial charge in [-0.3, -0.25) is 9.36 Å². The maximum atomic E-state index is 13.2. The SMILES string of the molecule is C.FC(F)(F)c1ncncc1-c1nc2ccc(Cl)nc2n1C1CC1.Nc1ccc(Cl)nc1NC1CC1.O=C(Nc1ccc(Cl)nc1NC1CC1)c1cncnc1C(F)(F)F.O=C(O)c1cncnc1C(F)(F)F.O=P(Cl)(Cl)Cl. The molecule has 3 aliphatic rings. The minimum absolute atomic E-state index is 0. The molecule has 19 nitrogen and oxygen atoms in total. The van der Waals surface area contributed by atoms with Crippen LogP contribution in [0.4, 0.5) is 62.5 Å². The Morgan fingerprint density at radius 1 is 0.628 bits per heavy atom. The lowest BCUT2D eigenvalue weighted by atomic mass is 10.2. The number of aromatic nitrogens is 11. The van der Waals surface area contributed by atoms with Crippen LogP contribution in [0.1, 0.15) is 89.8 Å². The second kappa shape index (κ2) is 26.2. The van der Waals surface area contributed by atoms with Crippen LogP contribution in [0.25, 0.3) is 22.6 Å². The monoisotopic (exact) mass is 1240 g/mol. The Balaban J connectivity index is 0.000000192. The zero-order chi connectivity index (χ0) is 56.6. The molecule has 3 fully saturated rings. The van der Waals surface area contributed by atoms with Gasteiger partial charge in [-0.25, -0.2) is 54.6 Å². The largest absolute Gasteiger partial charge is 0.478 e. The van der Waals surface area contributed by atoms with Gasteiger partial charge in [0.1, 0.15) is 51.3 Å². The van der Waals surface area contributed by atoms with Gasteiger partial charge in [-0.1, -0.05) is 42.2 Å². The van der Waals surface area contributed by atoms with Gasteiger partial charge >= 0.3 is 29.7 Å². The molecular weight excluding hydrogens is 1210 g/mol. The lowest BCUT2D eigenvalue weighted by Crippen LogP contribution is -2.21. The highest BCUT2D eigenvalue weighted by Crippen LogP contribution is 2.61. The molecule has 0 bridgehead atoms. The van der Waals surface area contributed by atoms with E-state index in [1.165, 1.54) is 25.0 Å². The van der Waals surface area contributed by atoms with Gasteiger partial charge in [-0.2, -0.15) is 39.5 Å². The molecule has 418 valence electrons. The summed E-state index contributed by atoms with van der Waals surface area (Å²) in [5.41, 5.74) is 2.04. The van der Waals surface area contributed by atoms with Gasteiger partial charge in [0.2, 0.25) is 0 Å². The van der Waals surface area contributed by atoms with E-state index in [9.17, 15) is 53.7 Å². The first-order chi connectivity index (χ1) is 36.0. The third-order valence-electron chi connectivity index (χ3n) is 9.91. The number of aromatic carboxylic acids is 1. The van der Waals surface area contributed by atoms with Crippen molar-refractivity contribution in [1.82, 2.24) is 54.4 Å². The van der Waals surface area contributed by atoms with Crippen LogP contribution < -0.4 is 21.7 Å². The molecule has 0 radical (unpaired) electrons. The average Bonchev–Trinajstić information content (AvgIpc) is 4.29. The number of alkyl halides is 9. The molecule has 1 amide bonds. The molecule has 0 atom stereocenters. The van der Waals surface area contributed by atoms with Crippen LogP contribution in [0.3, 0.4) is 0 Å². The molecule has 3 aliphatic carbocycles. The molecule has 0 saturated heterocycles. The van der Waals surface area contributed by atoms with Crippen molar-refractivity contribution in [3.05, 3.63) is 118 Å². The molecule has 10 rings (SSSR count). The molecule has 0 unspecified atom stereocenters. The van der Waals surface area contributed by atoms with Gasteiger partial charge in [0, 0.05) is 36.7 Å². The van der Waals surface area contributed by atoms with Crippen LogP contribution in [0, 0.1) is 0 Å². The van der Waals surface area contributed by atoms with E-state index in [1.54, 1.807) is 28.8 Å². The van der Waals surface area contributed by atoms with Crippen LogP contribution in [0.2, 0.25) is 15.5 Å². The number of hydrogen-bond acceptors (Lipinski definition) is 16. The van der Waals surface area contributed by atoms with Crippen LogP contribution in [0.15, 0.2) is 74.0 Å². The van der Waals surface area contributed by atoms with E-state index < -0.39 is 63.8 Å². The van der Waals surface area contributed by atoms with E-state index in [2.05, 4.69) is 99.5 Å². The first-order valence-corrected chi connectivity index (χ1v) is 27.0. The maximum Gasteiger partial charge on any atom is 0.434 e. The number of pyridine rings is 3. The predicted molar refractivity (Wildman–Crippen MR) is 274 cm³/mol. The van der Waals surface area contributed by atoms with Crippen molar-refractivity contribution >= 4 is 120 Å². The number of nitrogens with zero attached hydrogens (tertiary/aromatic N) is 11. The Morgan fingerprint density at radius 3 is 1.58 bits per heavy atom. The van der Waals surface area contributed by atoms with Crippen molar-refractivity contribution < 1.29 is 58.8 Å². The van der Waals surface area contributed by atoms with E-state index in [0.29, 0.717) is 52.2 Å². The van der Waals surface area contributed by atoms with Crippen LogP contribution >= 0.6 is 73.7 Å². The number of carboxylic acids is 1. The van der Waals surface area contributed by atoms with Crippen molar-refractivity contribution in [3.8, 4) is 11.4 Å². The fraction of sp³-hybridized carbons (Fsp3) is 0.302. The zero-order valence-corrected chi connectivity index (χ0v) is 43.6. The third-order valence-corrected chi connectivity index (χ3v) is 10.5. The highest BCUT2D eigenvalue weighted by Gasteiger charge is 2.40. The third kappa shape index (κ3) is 18.8. The summed E-state index contributed by atoms with van der Waals surface area (Å²) in [6.07, 6.45) is -3.25. The first-order valence-electron chi connectivity index (χ1n) is 21.5. The second-order valence-electron chi connectivity index (χ2n) is 16.0. The smallest absolute Gasteiger partial charge is 0.434 e. The zero-order valence-electron chi connectivity index (χ0n) is 38.2. The highest BCUT2D eigenvalue weighted by atomic mass is 36.0. The fourth-order valence-corrected chi connectivity index (χ4v) is 6.65. The summed E-state index contributed by atoms with van der Waals surface area (Å²) in [4.78, 5) is 59.0. The highest BCUT2D eigenvalue weighted by molar-refractivity contribution is 8.24. The fourth-order valence-electron chi connectivity index (χ4n) is 6.21. The van der Waals surface area contributed by atoms with Gasteiger partial charge in [-0.15, -0.1) is 0 Å². The van der Waals surface area contributed by atoms with Crippen molar-refractivity contribution in [2.75, 3.05) is 21.7 Å². The van der Waals surface area contributed by atoms with Gasteiger partial charge in [-0.05, 0) is 109 Å². The van der Waals surface area contributed by atoms with E-state index >= 15 is 0 Å². The van der Waals surface area contributed by atoms with Crippen molar-refractivity contribution in [2.24, 2.45) is 0 Å². The molecule has 7 aromatic heterocycles. The Morgan fingerprint density at radius 2 is 1.08 bits per heavy atom. The number of imidazole rings is 1. The summed E-state index contributed by atoms with van der Waals surface area (Å²) in [7, 11) is 0. The number of rotatable bonds is 9. The molecule has 3 saturated carbocycles. The van der Waals surface area contributed by atoms with Crippen molar-refractivity contribution in [1.29, 1.82) is 0 Å². The molecule has 78 heavy (non-hydrogen) atoms. The van der Waals surface area contributed by atoms with Crippen molar-refractivity contribution in [3.63, 3.8) is 0 Å². The number of amides is 1. The quantitative estimate of drug-likeness (QED) is 0.0511. The minimum atomic E-state index is -4.77. The molecular formula is C43H37Cl6F9N15O4P. The Bertz CT molecular complexity index is 3290. The van der Waals surface area contributed by atoms with E-state index in [-0.39, 0.29) is 46.9 Å². The van der Waals surface area contributed by atoms with Crippen LogP contribution in [0.5, 0.6) is 0 Å².